The van der Waals surface area contributed by atoms with E-state index in [1.54, 1.807) is 23.3 Å². The summed E-state index contributed by atoms with van der Waals surface area (Å²) in [6.07, 6.45) is 2.82. The topological polar surface area (TPSA) is 59.1 Å². The molecule has 1 aromatic carbocycles. The van der Waals surface area contributed by atoms with Crippen molar-refractivity contribution in [3.05, 3.63) is 46.7 Å². The van der Waals surface area contributed by atoms with E-state index >= 15 is 0 Å². The van der Waals surface area contributed by atoms with Crippen molar-refractivity contribution in [2.45, 2.75) is 31.7 Å². The summed E-state index contributed by atoms with van der Waals surface area (Å²) in [5.74, 6) is 0.480. The summed E-state index contributed by atoms with van der Waals surface area (Å²) in [6, 6.07) is 11.8. The van der Waals surface area contributed by atoms with E-state index in [9.17, 15) is 9.59 Å². The lowest BCUT2D eigenvalue weighted by molar-refractivity contribution is -0.139. The molecule has 160 valence electrons. The lowest BCUT2D eigenvalue weighted by Crippen LogP contribution is -2.47. The fourth-order valence-corrected chi connectivity index (χ4v) is 4.99. The second-order valence-electron chi connectivity index (χ2n) is 7.81. The van der Waals surface area contributed by atoms with Crippen LogP contribution in [0.4, 0.5) is 5.69 Å². The number of ether oxygens (including phenoxy) is 2. The summed E-state index contributed by atoms with van der Waals surface area (Å²) in [5, 5.41) is 2.07. The SMILES string of the molecule is COc1cccc(N2CC(C(=O)N(CCc3cccs3)C3CCOCC3)CC2=O)c1. The highest BCUT2D eigenvalue weighted by Crippen LogP contribution is 2.30. The summed E-state index contributed by atoms with van der Waals surface area (Å²) in [4.78, 5) is 31.3. The molecule has 2 amide bonds. The number of rotatable bonds is 7. The van der Waals surface area contributed by atoms with Crippen LogP contribution in [0.2, 0.25) is 0 Å². The highest BCUT2D eigenvalue weighted by molar-refractivity contribution is 7.09. The maximum atomic E-state index is 13.5. The highest BCUT2D eigenvalue weighted by Gasteiger charge is 2.39. The van der Waals surface area contributed by atoms with Crippen LogP contribution in [-0.2, 0) is 20.7 Å². The minimum atomic E-state index is -0.310. The molecule has 2 aliphatic heterocycles. The molecule has 0 N–H and O–H groups in total. The van der Waals surface area contributed by atoms with Gasteiger partial charge in [-0.1, -0.05) is 12.1 Å². The van der Waals surface area contributed by atoms with Gasteiger partial charge in [-0.15, -0.1) is 11.3 Å². The normalized spacial score (nSPS) is 19.8. The van der Waals surface area contributed by atoms with Gasteiger partial charge in [-0.25, -0.2) is 0 Å². The molecule has 0 spiro atoms. The first kappa shape index (κ1) is 20.9. The van der Waals surface area contributed by atoms with Crippen molar-refractivity contribution in [1.29, 1.82) is 0 Å². The summed E-state index contributed by atoms with van der Waals surface area (Å²) >= 11 is 1.72. The Bertz CT molecular complexity index is 864. The Hall–Kier alpha value is -2.38. The Labute approximate surface area is 181 Å². The molecule has 0 aliphatic carbocycles. The molecule has 2 saturated heterocycles. The van der Waals surface area contributed by atoms with Crippen LogP contribution in [0.25, 0.3) is 0 Å². The smallest absolute Gasteiger partial charge is 0.228 e. The number of benzene rings is 1. The fourth-order valence-electron chi connectivity index (χ4n) is 4.29. The third-order valence-electron chi connectivity index (χ3n) is 5.93. The summed E-state index contributed by atoms with van der Waals surface area (Å²) in [6.45, 7) is 2.48. The van der Waals surface area contributed by atoms with Crippen LogP contribution in [-0.4, -0.2) is 56.2 Å². The van der Waals surface area contributed by atoms with Gasteiger partial charge in [0, 0.05) is 55.4 Å². The molecule has 6 nitrogen and oxygen atoms in total. The van der Waals surface area contributed by atoms with Gasteiger partial charge in [-0.3, -0.25) is 9.59 Å². The molecule has 1 aromatic heterocycles. The van der Waals surface area contributed by atoms with Gasteiger partial charge in [-0.05, 0) is 42.8 Å². The lowest BCUT2D eigenvalue weighted by atomic mass is 10.0. The zero-order chi connectivity index (χ0) is 20.9. The second-order valence-corrected chi connectivity index (χ2v) is 8.84. The molecule has 7 heteroatoms. The minimum absolute atomic E-state index is 0.00760. The van der Waals surface area contributed by atoms with Crippen LogP contribution in [0.15, 0.2) is 41.8 Å². The average Bonchev–Trinajstić information content (AvgIpc) is 3.44. The highest BCUT2D eigenvalue weighted by atomic mass is 32.1. The molecule has 2 aromatic rings. The molecule has 1 atom stereocenters. The van der Waals surface area contributed by atoms with Crippen LogP contribution in [0, 0.1) is 5.92 Å². The van der Waals surface area contributed by atoms with Crippen LogP contribution in [0.3, 0.4) is 0 Å². The van der Waals surface area contributed by atoms with Crippen LogP contribution >= 0.6 is 11.3 Å². The minimum Gasteiger partial charge on any atom is -0.497 e. The zero-order valence-electron chi connectivity index (χ0n) is 17.3. The second kappa shape index (κ2) is 9.62. The fraction of sp³-hybridized carbons (Fsp3) is 0.478. The number of hydrogen-bond donors (Lipinski definition) is 0. The van der Waals surface area contributed by atoms with Crippen molar-refractivity contribution >= 4 is 28.8 Å². The first-order valence-electron chi connectivity index (χ1n) is 10.5. The number of methoxy groups -OCH3 is 1. The molecular weight excluding hydrogens is 400 g/mol. The Morgan fingerprint density at radius 1 is 1.27 bits per heavy atom. The molecule has 0 bridgehead atoms. The van der Waals surface area contributed by atoms with Gasteiger partial charge >= 0.3 is 0 Å². The van der Waals surface area contributed by atoms with Crippen molar-refractivity contribution < 1.29 is 19.1 Å². The Morgan fingerprint density at radius 2 is 2.10 bits per heavy atom. The average molecular weight is 429 g/mol. The summed E-state index contributed by atoms with van der Waals surface area (Å²) in [5.41, 5.74) is 0.783. The van der Waals surface area contributed by atoms with Crippen molar-refractivity contribution in [2.75, 3.05) is 38.3 Å². The largest absolute Gasteiger partial charge is 0.497 e. The van der Waals surface area contributed by atoms with Crippen LogP contribution in [0.1, 0.15) is 24.1 Å². The maximum Gasteiger partial charge on any atom is 0.228 e. The van der Waals surface area contributed by atoms with E-state index in [-0.39, 0.29) is 30.2 Å². The molecule has 4 rings (SSSR count). The first-order valence-corrected chi connectivity index (χ1v) is 11.4. The third kappa shape index (κ3) is 4.68. The van der Waals surface area contributed by atoms with Crippen molar-refractivity contribution in [3.63, 3.8) is 0 Å². The zero-order valence-corrected chi connectivity index (χ0v) is 18.1. The number of amides is 2. The van der Waals surface area contributed by atoms with Gasteiger partial charge in [0.25, 0.3) is 0 Å². The first-order chi connectivity index (χ1) is 14.7. The van der Waals surface area contributed by atoms with Crippen molar-refractivity contribution in [3.8, 4) is 5.75 Å². The predicted octanol–water partition coefficient (Wildman–Crippen LogP) is 3.36. The Balaban J connectivity index is 1.48. The monoisotopic (exact) mass is 428 g/mol. The standard InChI is InChI=1S/C23H28N2O4S/c1-28-20-5-2-4-19(15-20)25-16-17(14-22(25)26)23(27)24(18-8-11-29-12-9-18)10-7-21-6-3-13-30-21/h2-6,13,15,17-18H,7-12,14,16H2,1H3. The van der Waals surface area contributed by atoms with Crippen molar-refractivity contribution in [2.24, 2.45) is 5.92 Å². The third-order valence-corrected chi connectivity index (χ3v) is 6.87. The van der Waals surface area contributed by atoms with Crippen molar-refractivity contribution in [1.82, 2.24) is 4.90 Å². The molecule has 30 heavy (non-hydrogen) atoms. The number of hydrogen-bond acceptors (Lipinski definition) is 5. The Kier molecular flexibility index (Phi) is 6.69. The van der Waals surface area contributed by atoms with Gasteiger partial charge in [0.1, 0.15) is 5.75 Å². The molecule has 1 unspecified atom stereocenters. The van der Waals surface area contributed by atoms with Gasteiger partial charge in [0.2, 0.25) is 11.8 Å². The van der Waals surface area contributed by atoms with Crippen LogP contribution < -0.4 is 9.64 Å². The van der Waals surface area contributed by atoms with Gasteiger partial charge in [0.05, 0.1) is 13.0 Å². The van der Waals surface area contributed by atoms with E-state index in [1.165, 1.54) is 4.88 Å². The quantitative estimate of drug-likeness (QED) is 0.679. The van der Waals surface area contributed by atoms with Gasteiger partial charge in [0.15, 0.2) is 0 Å². The molecule has 0 radical (unpaired) electrons. The maximum absolute atomic E-state index is 13.5. The van der Waals surface area contributed by atoms with E-state index in [4.69, 9.17) is 9.47 Å². The molecule has 0 saturated carbocycles. The summed E-state index contributed by atoms with van der Waals surface area (Å²) < 4.78 is 10.8. The van der Waals surface area contributed by atoms with E-state index in [0.717, 1.165) is 24.9 Å². The lowest BCUT2D eigenvalue weighted by Gasteiger charge is -2.36. The number of thiophene rings is 1. The van der Waals surface area contributed by atoms with Gasteiger partial charge in [-0.2, -0.15) is 0 Å². The van der Waals surface area contributed by atoms with E-state index in [0.29, 0.717) is 32.1 Å². The molecular formula is C23H28N2O4S. The number of anilines is 1. The molecule has 2 fully saturated rings. The van der Waals surface area contributed by atoms with E-state index in [1.807, 2.05) is 35.2 Å². The number of nitrogens with zero attached hydrogens (tertiary/aromatic N) is 2. The molecule has 3 heterocycles. The van der Waals surface area contributed by atoms with E-state index < -0.39 is 0 Å². The van der Waals surface area contributed by atoms with Crippen LogP contribution in [0.5, 0.6) is 5.75 Å². The Morgan fingerprint density at radius 3 is 2.83 bits per heavy atom. The predicted molar refractivity (Wildman–Crippen MR) is 117 cm³/mol. The summed E-state index contributed by atoms with van der Waals surface area (Å²) in [7, 11) is 1.61. The van der Waals surface area contributed by atoms with E-state index in [2.05, 4.69) is 11.4 Å². The van der Waals surface area contributed by atoms with Gasteiger partial charge < -0.3 is 19.3 Å². The molecule has 2 aliphatic rings. The number of carbonyl (C=O) groups excluding carboxylic acids is 2. The number of carbonyl (C=O) groups is 2.